The first-order valence-electron chi connectivity index (χ1n) is 5.67. The first kappa shape index (κ1) is 14.7. The molecule has 1 aromatic heterocycles. The minimum absolute atomic E-state index is 0.226. The number of rotatable bonds is 5. The first-order valence-corrected chi connectivity index (χ1v) is 6.04. The standard InChI is InChI=1S/C11H10ClN5O4/c1-21-9-3-2-7(12)4-8(9)14-10(18)5-16-6-13-11(15-16)17(19)20/h2-4,6H,5H2,1H3,(H,14,18). The van der Waals surface area contributed by atoms with Crippen LogP contribution in [0.4, 0.5) is 11.6 Å². The van der Waals surface area contributed by atoms with Crippen molar-refractivity contribution >= 4 is 29.1 Å². The van der Waals surface area contributed by atoms with E-state index in [1.165, 1.54) is 13.2 Å². The van der Waals surface area contributed by atoms with Crippen molar-refractivity contribution in [3.8, 4) is 5.75 Å². The summed E-state index contributed by atoms with van der Waals surface area (Å²) in [5.41, 5.74) is 0.393. The summed E-state index contributed by atoms with van der Waals surface area (Å²) < 4.78 is 6.15. The molecule has 0 aliphatic carbocycles. The smallest absolute Gasteiger partial charge is 0.490 e. The van der Waals surface area contributed by atoms with Gasteiger partial charge in [-0.2, -0.15) is 4.68 Å². The zero-order valence-corrected chi connectivity index (χ0v) is 11.6. The fraction of sp³-hybridized carbons (Fsp3) is 0.182. The van der Waals surface area contributed by atoms with Gasteiger partial charge in [0.2, 0.25) is 12.2 Å². The Labute approximate surface area is 123 Å². The van der Waals surface area contributed by atoms with Gasteiger partial charge >= 0.3 is 5.95 Å². The van der Waals surface area contributed by atoms with E-state index in [4.69, 9.17) is 16.3 Å². The third kappa shape index (κ3) is 3.66. The molecule has 2 aromatic rings. The minimum Gasteiger partial charge on any atom is -0.495 e. The molecule has 0 aliphatic rings. The van der Waals surface area contributed by atoms with Gasteiger partial charge in [0.15, 0.2) is 0 Å². The molecule has 10 heteroatoms. The summed E-state index contributed by atoms with van der Waals surface area (Å²) in [6, 6.07) is 4.76. The maximum atomic E-state index is 11.9. The van der Waals surface area contributed by atoms with Crippen molar-refractivity contribution in [3.05, 3.63) is 39.7 Å². The van der Waals surface area contributed by atoms with Gasteiger partial charge in [-0.3, -0.25) is 4.79 Å². The number of ether oxygens (including phenoxy) is 1. The average Bonchev–Trinajstić information content (AvgIpc) is 2.87. The normalized spacial score (nSPS) is 10.2. The highest BCUT2D eigenvalue weighted by Crippen LogP contribution is 2.27. The third-order valence-corrected chi connectivity index (χ3v) is 2.66. The molecule has 1 N–H and O–H groups in total. The lowest BCUT2D eigenvalue weighted by Gasteiger charge is -2.09. The van der Waals surface area contributed by atoms with E-state index in [2.05, 4.69) is 15.4 Å². The van der Waals surface area contributed by atoms with Crippen molar-refractivity contribution in [2.75, 3.05) is 12.4 Å². The number of halogens is 1. The number of hydrogen-bond acceptors (Lipinski definition) is 6. The maximum absolute atomic E-state index is 11.9. The molecule has 1 amide bonds. The van der Waals surface area contributed by atoms with Crippen LogP contribution in [0.25, 0.3) is 0 Å². The SMILES string of the molecule is COc1ccc(Cl)cc1NC(=O)Cn1cnc([N+](=O)[O-])n1. The summed E-state index contributed by atoms with van der Waals surface area (Å²) in [5, 5.41) is 17.0. The Morgan fingerprint density at radius 1 is 1.57 bits per heavy atom. The Bertz CT molecular complexity index is 687. The van der Waals surface area contributed by atoms with Gasteiger partial charge in [-0.25, -0.2) is 0 Å². The van der Waals surface area contributed by atoms with Crippen LogP contribution in [0.1, 0.15) is 0 Å². The number of carbonyl (C=O) groups is 1. The molecule has 1 heterocycles. The molecule has 2 rings (SSSR count). The predicted molar refractivity (Wildman–Crippen MR) is 73.3 cm³/mol. The van der Waals surface area contributed by atoms with Crippen LogP contribution in [0.2, 0.25) is 5.02 Å². The molecule has 9 nitrogen and oxygen atoms in total. The van der Waals surface area contributed by atoms with Crippen molar-refractivity contribution < 1.29 is 14.5 Å². The van der Waals surface area contributed by atoms with Gasteiger partial charge in [-0.05, 0) is 23.1 Å². The molecule has 21 heavy (non-hydrogen) atoms. The summed E-state index contributed by atoms with van der Waals surface area (Å²) in [4.78, 5) is 25.0. The molecule has 0 spiro atoms. The summed E-state index contributed by atoms with van der Waals surface area (Å²) in [6.07, 6.45) is 1.10. The van der Waals surface area contributed by atoms with Crippen LogP contribution in [-0.4, -0.2) is 32.7 Å². The van der Waals surface area contributed by atoms with E-state index in [1.807, 2.05) is 0 Å². The molecule has 110 valence electrons. The second-order valence-corrected chi connectivity index (χ2v) is 4.33. The predicted octanol–water partition coefficient (Wildman–Crippen LogP) is 1.49. The van der Waals surface area contributed by atoms with E-state index in [0.29, 0.717) is 16.5 Å². The maximum Gasteiger partial charge on any atom is 0.490 e. The fourth-order valence-corrected chi connectivity index (χ4v) is 1.73. The number of anilines is 1. The van der Waals surface area contributed by atoms with Gasteiger partial charge in [0.1, 0.15) is 12.3 Å². The van der Waals surface area contributed by atoms with E-state index in [1.54, 1.807) is 12.1 Å². The number of methoxy groups -OCH3 is 1. The molecule has 1 aromatic carbocycles. The highest BCUT2D eigenvalue weighted by Gasteiger charge is 2.16. The Morgan fingerprint density at radius 3 is 2.95 bits per heavy atom. The van der Waals surface area contributed by atoms with Gasteiger partial charge in [-0.1, -0.05) is 16.6 Å². The van der Waals surface area contributed by atoms with Gasteiger partial charge in [0.05, 0.1) is 12.8 Å². The Kier molecular flexibility index (Phi) is 4.33. The number of benzene rings is 1. The fourth-order valence-electron chi connectivity index (χ4n) is 1.56. The molecule has 0 saturated carbocycles. The third-order valence-electron chi connectivity index (χ3n) is 2.43. The molecule has 0 unspecified atom stereocenters. The summed E-state index contributed by atoms with van der Waals surface area (Å²) in [7, 11) is 1.46. The summed E-state index contributed by atoms with van der Waals surface area (Å²) in [5.74, 6) is -0.573. The molecule has 0 fully saturated rings. The topological polar surface area (TPSA) is 112 Å². The molecular weight excluding hydrogens is 302 g/mol. The number of amides is 1. The van der Waals surface area contributed by atoms with Crippen LogP contribution in [0.3, 0.4) is 0 Å². The number of nitrogens with one attached hydrogen (secondary N) is 1. The van der Waals surface area contributed by atoms with Crippen LogP contribution >= 0.6 is 11.6 Å². The van der Waals surface area contributed by atoms with Crippen LogP contribution in [0.5, 0.6) is 5.75 Å². The molecule has 0 saturated heterocycles. The molecule has 0 aliphatic heterocycles. The van der Waals surface area contributed by atoms with Crippen molar-refractivity contribution in [3.63, 3.8) is 0 Å². The largest absolute Gasteiger partial charge is 0.495 e. The number of nitro groups is 1. The number of hydrogen-bond donors (Lipinski definition) is 1. The lowest BCUT2D eigenvalue weighted by atomic mass is 10.3. The van der Waals surface area contributed by atoms with E-state index in [-0.39, 0.29) is 6.54 Å². The van der Waals surface area contributed by atoms with Crippen LogP contribution in [0, 0.1) is 10.1 Å². The lowest BCUT2D eigenvalue weighted by Crippen LogP contribution is -2.19. The number of aromatic nitrogens is 3. The van der Waals surface area contributed by atoms with Crippen LogP contribution < -0.4 is 10.1 Å². The van der Waals surface area contributed by atoms with Gasteiger partial charge in [-0.15, -0.1) is 0 Å². The second kappa shape index (κ2) is 6.18. The van der Waals surface area contributed by atoms with E-state index in [0.717, 1.165) is 11.0 Å². The molecule has 0 bridgehead atoms. The van der Waals surface area contributed by atoms with Crippen LogP contribution in [-0.2, 0) is 11.3 Å². The van der Waals surface area contributed by atoms with Gasteiger partial charge < -0.3 is 20.2 Å². The Hall–Kier alpha value is -2.68. The van der Waals surface area contributed by atoms with E-state index < -0.39 is 16.8 Å². The van der Waals surface area contributed by atoms with Gasteiger partial charge in [0.25, 0.3) is 0 Å². The quantitative estimate of drug-likeness (QED) is 0.661. The highest BCUT2D eigenvalue weighted by molar-refractivity contribution is 6.31. The van der Waals surface area contributed by atoms with E-state index in [9.17, 15) is 14.9 Å². The minimum atomic E-state index is -0.742. The summed E-state index contributed by atoms with van der Waals surface area (Å²) >= 11 is 5.85. The van der Waals surface area contributed by atoms with Gasteiger partial charge in [0, 0.05) is 10.1 Å². The zero-order chi connectivity index (χ0) is 15.4. The van der Waals surface area contributed by atoms with Crippen molar-refractivity contribution in [1.82, 2.24) is 14.8 Å². The molecule has 0 atom stereocenters. The monoisotopic (exact) mass is 311 g/mol. The summed E-state index contributed by atoms with van der Waals surface area (Å²) in [6.45, 7) is -0.226. The highest BCUT2D eigenvalue weighted by atomic mass is 35.5. The second-order valence-electron chi connectivity index (χ2n) is 3.89. The van der Waals surface area contributed by atoms with Crippen LogP contribution in [0.15, 0.2) is 24.5 Å². The number of nitrogens with zero attached hydrogens (tertiary/aromatic N) is 4. The lowest BCUT2D eigenvalue weighted by molar-refractivity contribution is -0.394. The van der Waals surface area contributed by atoms with Crippen molar-refractivity contribution in [2.24, 2.45) is 0 Å². The Balaban J connectivity index is 2.07. The Morgan fingerprint density at radius 2 is 2.33 bits per heavy atom. The number of carbonyl (C=O) groups excluding carboxylic acids is 1. The first-order chi connectivity index (χ1) is 9.99. The average molecular weight is 312 g/mol. The van der Waals surface area contributed by atoms with Crippen molar-refractivity contribution in [2.45, 2.75) is 6.54 Å². The zero-order valence-electron chi connectivity index (χ0n) is 10.8. The molecule has 0 radical (unpaired) electrons. The van der Waals surface area contributed by atoms with E-state index >= 15 is 0 Å². The molecular formula is C11H10ClN5O4. The van der Waals surface area contributed by atoms with Crippen molar-refractivity contribution in [1.29, 1.82) is 0 Å².